The van der Waals surface area contributed by atoms with Gasteiger partial charge < -0.3 is 5.73 Å². The minimum absolute atomic E-state index is 0.128. The van der Waals surface area contributed by atoms with Crippen molar-refractivity contribution in [2.45, 2.75) is 37.6 Å². The summed E-state index contributed by atoms with van der Waals surface area (Å²) in [5, 5.41) is -0.477. The normalized spacial score (nSPS) is 25.7. The minimum atomic E-state index is -3.40. The van der Waals surface area contributed by atoms with Gasteiger partial charge in [0.2, 0.25) is 10.0 Å². The van der Waals surface area contributed by atoms with Crippen molar-refractivity contribution in [2.24, 2.45) is 5.73 Å². The number of rotatable bonds is 7. The van der Waals surface area contributed by atoms with Gasteiger partial charge in [-0.05, 0) is 25.8 Å². The van der Waals surface area contributed by atoms with Gasteiger partial charge in [-0.1, -0.05) is 30.3 Å². The van der Waals surface area contributed by atoms with Crippen LogP contribution in [0.2, 0.25) is 0 Å². The van der Waals surface area contributed by atoms with E-state index in [0.29, 0.717) is 26.1 Å². The number of sulfonamides is 1. The number of hydrazine groups is 1. The summed E-state index contributed by atoms with van der Waals surface area (Å²) < 4.78 is 27.4. The number of hydrogen-bond acceptors (Lipinski definition) is 5. The van der Waals surface area contributed by atoms with Crippen molar-refractivity contribution in [3.63, 3.8) is 0 Å². The first kappa shape index (κ1) is 17.4. The Morgan fingerprint density at radius 3 is 2.23 bits per heavy atom. The molecule has 2 unspecified atom stereocenters. The first-order chi connectivity index (χ1) is 10.5. The molecule has 6 nitrogen and oxygen atoms in total. The fourth-order valence-corrected chi connectivity index (χ4v) is 5.17. The third-order valence-electron chi connectivity index (χ3n) is 4.10. The fraction of sp³-hybridized carbons (Fsp3) is 0.600. The standard InChI is InChI=1S/C15H26N4O2S/c1-12-15(13(2)18-17-12)22(20,21)19(11-9-16)10-8-14-6-4-3-5-7-14/h3-7,12-13,15,17-18H,8-11,16H2,1-2H3. The first-order valence-corrected chi connectivity index (χ1v) is 9.21. The smallest absolute Gasteiger partial charge is 0.220 e. The Labute approximate surface area is 133 Å². The maximum atomic E-state index is 13.0. The van der Waals surface area contributed by atoms with Crippen LogP contribution < -0.4 is 16.6 Å². The third kappa shape index (κ3) is 3.85. The van der Waals surface area contributed by atoms with Crippen molar-refractivity contribution in [2.75, 3.05) is 19.6 Å². The van der Waals surface area contributed by atoms with Gasteiger partial charge >= 0.3 is 0 Å². The quantitative estimate of drug-likeness (QED) is 0.660. The van der Waals surface area contributed by atoms with E-state index in [0.717, 1.165) is 5.56 Å². The lowest BCUT2D eigenvalue weighted by atomic mass is 10.1. The Morgan fingerprint density at radius 2 is 1.68 bits per heavy atom. The van der Waals surface area contributed by atoms with Crippen LogP contribution in [0.5, 0.6) is 0 Å². The van der Waals surface area contributed by atoms with Crippen molar-refractivity contribution in [1.29, 1.82) is 0 Å². The summed E-state index contributed by atoms with van der Waals surface area (Å²) in [7, 11) is -3.40. The van der Waals surface area contributed by atoms with Gasteiger partial charge in [0.15, 0.2) is 0 Å². The Hall–Kier alpha value is -0.990. The van der Waals surface area contributed by atoms with Gasteiger partial charge in [-0.15, -0.1) is 0 Å². The molecule has 124 valence electrons. The second-order valence-electron chi connectivity index (χ2n) is 5.80. The highest BCUT2D eigenvalue weighted by molar-refractivity contribution is 7.89. The zero-order valence-corrected chi connectivity index (χ0v) is 14.0. The second kappa shape index (κ2) is 7.52. The number of hydrogen-bond donors (Lipinski definition) is 3. The first-order valence-electron chi connectivity index (χ1n) is 7.71. The van der Waals surface area contributed by atoms with Gasteiger partial charge in [0.05, 0.1) is 0 Å². The highest BCUT2D eigenvalue weighted by Gasteiger charge is 2.43. The zero-order valence-electron chi connectivity index (χ0n) is 13.2. The Morgan fingerprint density at radius 1 is 1.09 bits per heavy atom. The molecular formula is C15H26N4O2S. The highest BCUT2D eigenvalue weighted by Crippen LogP contribution is 2.20. The third-order valence-corrected chi connectivity index (χ3v) is 6.69. The van der Waals surface area contributed by atoms with Crippen molar-refractivity contribution in [3.05, 3.63) is 35.9 Å². The number of benzene rings is 1. The summed E-state index contributed by atoms with van der Waals surface area (Å²) in [6, 6.07) is 9.65. The largest absolute Gasteiger partial charge is 0.329 e. The molecule has 2 atom stereocenters. The molecule has 0 aromatic heterocycles. The maximum absolute atomic E-state index is 13.0. The molecule has 1 saturated heterocycles. The molecule has 0 spiro atoms. The number of nitrogens with zero attached hydrogens (tertiary/aromatic N) is 1. The maximum Gasteiger partial charge on any atom is 0.220 e. The van der Waals surface area contributed by atoms with Gasteiger partial charge in [0.1, 0.15) is 5.25 Å². The van der Waals surface area contributed by atoms with E-state index in [4.69, 9.17) is 5.73 Å². The van der Waals surface area contributed by atoms with Crippen molar-refractivity contribution >= 4 is 10.0 Å². The monoisotopic (exact) mass is 326 g/mol. The van der Waals surface area contributed by atoms with Crippen molar-refractivity contribution in [3.8, 4) is 0 Å². The van der Waals surface area contributed by atoms with Crippen molar-refractivity contribution < 1.29 is 8.42 Å². The SMILES string of the molecule is CC1NNC(C)C1S(=O)(=O)N(CCN)CCc1ccccc1. The van der Waals surface area contributed by atoms with E-state index in [2.05, 4.69) is 10.9 Å². The van der Waals surface area contributed by atoms with E-state index >= 15 is 0 Å². The molecule has 4 N–H and O–H groups in total. The van der Waals surface area contributed by atoms with Gasteiger partial charge in [-0.25, -0.2) is 8.42 Å². The summed E-state index contributed by atoms with van der Waals surface area (Å²) in [5.74, 6) is 0. The van der Waals surface area contributed by atoms with Crippen LogP contribution in [0.15, 0.2) is 30.3 Å². The molecule has 1 fully saturated rings. The molecule has 1 heterocycles. The zero-order chi connectivity index (χ0) is 16.2. The Balaban J connectivity index is 2.12. The summed E-state index contributed by atoms with van der Waals surface area (Å²) in [4.78, 5) is 0. The summed E-state index contributed by atoms with van der Waals surface area (Å²) in [5.41, 5.74) is 12.8. The van der Waals surface area contributed by atoms with Crippen LogP contribution in [0.3, 0.4) is 0 Å². The average Bonchev–Trinajstić information content (AvgIpc) is 2.84. The van der Waals surface area contributed by atoms with E-state index in [1.165, 1.54) is 4.31 Å². The molecule has 1 aromatic carbocycles. The predicted octanol–water partition coefficient (Wildman–Crippen LogP) is 0.0730. The number of nitrogens with two attached hydrogens (primary N) is 1. The lowest BCUT2D eigenvalue weighted by Crippen LogP contribution is -2.48. The lowest BCUT2D eigenvalue weighted by molar-refractivity contribution is 0.407. The molecule has 0 radical (unpaired) electrons. The second-order valence-corrected chi connectivity index (χ2v) is 7.89. The average molecular weight is 326 g/mol. The molecule has 2 rings (SSSR count). The lowest BCUT2D eigenvalue weighted by Gasteiger charge is -2.28. The van der Waals surface area contributed by atoms with Gasteiger partial charge in [0.25, 0.3) is 0 Å². The predicted molar refractivity (Wildman–Crippen MR) is 88.7 cm³/mol. The molecule has 1 aromatic rings. The van der Waals surface area contributed by atoms with E-state index in [1.54, 1.807) is 0 Å². The van der Waals surface area contributed by atoms with Crippen LogP contribution in [0.1, 0.15) is 19.4 Å². The van der Waals surface area contributed by atoms with Crippen LogP contribution in [0.4, 0.5) is 0 Å². The summed E-state index contributed by atoms with van der Waals surface area (Å²) in [6.07, 6.45) is 0.691. The molecule has 0 aliphatic carbocycles. The molecule has 1 aliphatic rings. The molecule has 0 bridgehead atoms. The molecule has 7 heteroatoms. The van der Waals surface area contributed by atoms with Crippen LogP contribution >= 0.6 is 0 Å². The Bertz CT molecular complexity index is 554. The van der Waals surface area contributed by atoms with Crippen LogP contribution in [-0.4, -0.2) is 49.7 Å². The molecule has 1 aliphatic heterocycles. The molecule has 22 heavy (non-hydrogen) atoms. The van der Waals surface area contributed by atoms with Crippen LogP contribution in [0, 0.1) is 0 Å². The summed E-state index contributed by atoms with van der Waals surface area (Å²) in [6.45, 7) is 4.90. The van der Waals surface area contributed by atoms with Crippen LogP contribution in [-0.2, 0) is 16.4 Å². The van der Waals surface area contributed by atoms with E-state index in [9.17, 15) is 8.42 Å². The van der Waals surface area contributed by atoms with E-state index in [1.807, 2.05) is 44.2 Å². The number of nitrogens with one attached hydrogen (secondary N) is 2. The summed E-state index contributed by atoms with van der Waals surface area (Å²) >= 11 is 0. The topological polar surface area (TPSA) is 87.5 Å². The molecular weight excluding hydrogens is 300 g/mol. The van der Waals surface area contributed by atoms with Gasteiger partial charge in [0, 0.05) is 31.7 Å². The van der Waals surface area contributed by atoms with E-state index < -0.39 is 15.3 Å². The Kier molecular flexibility index (Phi) is 5.94. The molecule has 0 saturated carbocycles. The van der Waals surface area contributed by atoms with E-state index in [-0.39, 0.29) is 12.1 Å². The van der Waals surface area contributed by atoms with Crippen molar-refractivity contribution in [1.82, 2.24) is 15.2 Å². The highest BCUT2D eigenvalue weighted by atomic mass is 32.2. The molecule has 0 amide bonds. The van der Waals surface area contributed by atoms with Crippen LogP contribution in [0.25, 0.3) is 0 Å². The van der Waals surface area contributed by atoms with Gasteiger partial charge in [-0.3, -0.25) is 10.9 Å². The fourth-order valence-electron chi connectivity index (χ4n) is 2.96. The van der Waals surface area contributed by atoms with Gasteiger partial charge in [-0.2, -0.15) is 4.31 Å². The minimum Gasteiger partial charge on any atom is -0.329 e.